The van der Waals surface area contributed by atoms with Gasteiger partial charge in [-0.05, 0) is 76.3 Å². The zero-order chi connectivity index (χ0) is 32.7. The lowest BCUT2D eigenvalue weighted by Crippen LogP contribution is -2.54. The lowest BCUT2D eigenvalue weighted by atomic mass is 9.95. The Kier molecular flexibility index (Phi) is 15.2. The van der Waals surface area contributed by atoms with Crippen molar-refractivity contribution in [1.29, 1.82) is 0 Å². The Balaban J connectivity index is 2.57. The number of ether oxygens (including phenoxy) is 1. The van der Waals surface area contributed by atoms with Gasteiger partial charge >= 0.3 is 6.09 Å². The van der Waals surface area contributed by atoms with E-state index in [-0.39, 0.29) is 24.0 Å². The van der Waals surface area contributed by atoms with Gasteiger partial charge in [-0.15, -0.1) is 0 Å². The monoisotopic (exact) mass is 609 g/mol. The number of carbonyl (C=O) groups excluding carboxylic acids is 3. The van der Waals surface area contributed by atoms with E-state index < -0.39 is 23.8 Å². The molecule has 8 nitrogen and oxygen atoms in total. The van der Waals surface area contributed by atoms with Crippen molar-refractivity contribution in [3.8, 4) is 5.75 Å². The van der Waals surface area contributed by atoms with Crippen molar-refractivity contribution in [1.82, 2.24) is 15.5 Å². The molecule has 3 N–H and O–H groups in total. The number of phenolic OH excluding ortho intramolecular Hbond substituents is 1. The molecule has 3 amide bonds. The predicted molar refractivity (Wildman–Crippen MR) is 177 cm³/mol. The average Bonchev–Trinajstić information content (AvgIpc) is 2.95. The molecule has 0 bridgehead atoms. The molecule has 0 aromatic heterocycles. The average molecular weight is 610 g/mol. The fourth-order valence-corrected chi connectivity index (χ4v) is 5.16. The van der Waals surface area contributed by atoms with Crippen LogP contribution in [0.15, 0.2) is 42.5 Å². The van der Waals surface area contributed by atoms with Gasteiger partial charge in [0.2, 0.25) is 11.8 Å². The standard InChI is InChI=1S/C36H55N3O5/c1-8-10-12-13-15-23-39(32(33(41)37-22-14-11-9-2)30-24-26(3)16-17-27(30)4)34(42)31(38-35(43)44-36(5,6)7)25-28-18-20-29(40)21-19-28/h16-21,24,31-32,40H,8-15,22-23,25H2,1-7H3,(H,37,41)(H,38,43). The van der Waals surface area contributed by atoms with Gasteiger partial charge in [-0.3, -0.25) is 9.59 Å². The van der Waals surface area contributed by atoms with Crippen LogP contribution in [0, 0.1) is 13.8 Å². The van der Waals surface area contributed by atoms with Crippen LogP contribution in [0.2, 0.25) is 0 Å². The molecule has 8 heteroatoms. The molecule has 2 rings (SSSR count). The van der Waals surface area contributed by atoms with E-state index in [0.717, 1.165) is 73.6 Å². The van der Waals surface area contributed by atoms with Gasteiger partial charge in [0.05, 0.1) is 0 Å². The minimum Gasteiger partial charge on any atom is -0.508 e. The van der Waals surface area contributed by atoms with Crippen molar-refractivity contribution < 1.29 is 24.2 Å². The summed E-state index contributed by atoms with van der Waals surface area (Å²) in [5, 5.41) is 15.7. The highest BCUT2D eigenvalue weighted by Gasteiger charge is 2.37. The number of phenols is 1. The van der Waals surface area contributed by atoms with Gasteiger partial charge in [0.15, 0.2) is 0 Å². The molecule has 2 atom stereocenters. The third kappa shape index (κ3) is 12.6. The van der Waals surface area contributed by atoms with Crippen LogP contribution in [0.1, 0.15) is 114 Å². The molecule has 244 valence electrons. The second-order valence-electron chi connectivity index (χ2n) is 12.8. The van der Waals surface area contributed by atoms with E-state index in [4.69, 9.17) is 4.74 Å². The first-order valence-corrected chi connectivity index (χ1v) is 16.3. The number of rotatable bonds is 17. The third-order valence-electron chi connectivity index (χ3n) is 7.52. The van der Waals surface area contributed by atoms with E-state index in [0.29, 0.717) is 13.1 Å². The van der Waals surface area contributed by atoms with Crippen LogP contribution in [0.25, 0.3) is 0 Å². The van der Waals surface area contributed by atoms with Crippen LogP contribution in [0.3, 0.4) is 0 Å². The lowest BCUT2D eigenvalue weighted by Gasteiger charge is -2.35. The van der Waals surface area contributed by atoms with Crippen LogP contribution in [0.5, 0.6) is 5.75 Å². The van der Waals surface area contributed by atoms with Crippen LogP contribution in [-0.2, 0) is 20.7 Å². The molecule has 2 aromatic carbocycles. The first kappa shape index (κ1) is 36.6. The number of nitrogens with one attached hydrogen (secondary N) is 2. The van der Waals surface area contributed by atoms with Crippen molar-refractivity contribution in [3.05, 3.63) is 64.7 Å². The molecule has 0 fully saturated rings. The molecule has 0 heterocycles. The summed E-state index contributed by atoms with van der Waals surface area (Å²) in [5.74, 6) is -0.466. The Morgan fingerprint density at radius 3 is 2.16 bits per heavy atom. The molecular weight excluding hydrogens is 554 g/mol. The Labute approximate surface area is 264 Å². The van der Waals surface area contributed by atoms with Gasteiger partial charge in [0, 0.05) is 19.5 Å². The zero-order valence-electron chi connectivity index (χ0n) is 28.0. The molecule has 0 radical (unpaired) electrons. The number of aryl methyl sites for hydroxylation is 2. The van der Waals surface area contributed by atoms with Crippen molar-refractivity contribution in [2.24, 2.45) is 0 Å². The summed E-state index contributed by atoms with van der Waals surface area (Å²) in [6.07, 6.45) is 7.27. The second kappa shape index (κ2) is 18.3. The Hall–Kier alpha value is -3.55. The van der Waals surface area contributed by atoms with Gasteiger partial charge < -0.3 is 25.4 Å². The molecule has 0 aliphatic rings. The zero-order valence-corrected chi connectivity index (χ0v) is 28.0. The first-order valence-electron chi connectivity index (χ1n) is 16.3. The number of amides is 3. The van der Waals surface area contributed by atoms with E-state index in [2.05, 4.69) is 24.5 Å². The fraction of sp³-hybridized carbons (Fsp3) is 0.583. The number of benzene rings is 2. The van der Waals surface area contributed by atoms with Gasteiger partial charge in [-0.25, -0.2) is 4.79 Å². The number of hydrogen-bond donors (Lipinski definition) is 3. The maximum atomic E-state index is 14.7. The molecule has 2 aromatic rings. The number of aromatic hydroxyl groups is 1. The molecule has 44 heavy (non-hydrogen) atoms. The largest absolute Gasteiger partial charge is 0.508 e. The highest BCUT2D eigenvalue weighted by molar-refractivity contribution is 5.92. The van der Waals surface area contributed by atoms with E-state index in [1.165, 1.54) is 0 Å². The van der Waals surface area contributed by atoms with Crippen LogP contribution in [0.4, 0.5) is 4.79 Å². The number of unbranched alkanes of at least 4 members (excludes halogenated alkanes) is 6. The highest BCUT2D eigenvalue weighted by atomic mass is 16.6. The minimum atomic E-state index is -0.995. The minimum absolute atomic E-state index is 0.111. The van der Waals surface area contributed by atoms with Gasteiger partial charge in [0.25, 0.3) is 0 Å². The summed E-state index contributed by atoms with van der Waals surface area (Å²) in [4.78, 5) is 43.4. The number of nitrogens with zero attached hydrogens (tertiary/aromatic N) is 1. The number of hydrogen-bond acceptors (Lipinski definition) is 5. The number of alkyl carbamates (subject to hydrolysis) is 1. The molecule has 0 spiro atoms. The van der Waals surface area contributed by atoms with Gasteiger partial charge in [0.1, 0.15) is 23.4 Å². The third-order valence-corrected chi connectivity index (χ3v) is 7.52. The Bertz CT molecular complexity index is 1190. The van der Waals surface area contributed by atoms with Gasteiger partial charge in [-0.2, -0.15) is 0 Å². The summed E-state index contributed by atoms with van der Waals surface area (Å²) >= 11 is 0. The maximum absolute atomic E-state index is 14.7. The predicted octanol–water partition coefficient (Wildman–Crippen LogP) is 7.29. The molecule has 0 aliphatic carbocycles. The topological polar surface area (TPSA) is 108 Å². The van der Waals surface area contributed by atoms with Crippen LogP contribution >= 0.6 is 0 Å². The van der Waals surface area contributed by atoms with Crippen molar-refractivity contribution in [2.45, 2.75) is 124 Å². The maximum Gasteiger partial charge on any atom is 0.408 e. The molecular formula is C36H55N3O5. The quantitative estimate of drug-likeness (QED) is 0.163. The van der Waals surface area contributed by atoms with Crippen molar-refractivity contribution in [3.63, 3.8) is 0 Å². The van der Waals surface area contributed by atoms with E-state index in [1.54, 1.807) is 49.9 Å². The van der Waals surface area contributed by atoms with Crippen molar-refractivity contribution >= 4 is 17.9 Å². The summed E-state index contributed by atoms with van der Waals surface area (Å²) in [6, 6.07) is 10.7. The van der Waals surface area contributed by atoms with E-state index in [1.807, 2.05) is 32.0 Å². The highest BCUT2D eigenvalue weighted by Crippen LogP contribution is 2.28. The number of carbonyl (C=O) groups is 3. The van der Waals surface area contributed by atoms with Crippen molar-refractivity contribution in [2.75, 3.05) is 13.1 Å². The summed E-state index contributed by atoms with van der Waals surface area (Å²) in [7, 11) is 0. The van der Waals surface area contributed by atoms with E-state index in [9.17, 15) is 19.5 Å². The molecule has 2 unspecified atom stereocenters. The summed E-state index contributed by atoms with van der Waals surface area (Å²) < 4.78 is 5.54. The summed E-state index contributed by atoms with van der Waals surface area (Å²) in [5.41, 5.74) is 2.70. The normalized spacial score (nSPS) is 12.7. The lowest BCUT2D eigenvalue weighted by molar-refractivity contribution is -0.142. The molecule has 0 aliphatic heterocycles. The summed E-state index contributed by atoms with van der Waals surface area (Å²) in [6.45, 7) is 14.4. The first-order chi connectivity index (χ1) is 20.9. The van der Waals surface area contributed by atoms with Gasteiger partial charge in [-0.1, -0.05) is 88.3 Å². The smallest absolute Gasteiger partial charge is 0.408 e. The Morgan fingerprint density at radius 2 is 1.52 bits per heavy atom. The molecule has 0 saturated carbocycles. The fourth-order valence-electron chi connectivity index (χ4n) is 5.16. The SMILES string of the molecule is CCCCCCCN(C(=O)C(Cc1ccc(O)cc1)NC(=O)OC(C)(C)C)C(C(=O)NCCCCC)c1cc(C)ccc1C. The molecule has 0 saturated heterocycles. The Morgan fingerprint density at radius 1 is 0.886 bits per heavy atom. The second-order valence-corrected chi connectivity index (χ2v) is 12.8. The van der Waals surface area contributed by atoms with Crippen LogP contribution in [-0.4, -0.2) is 52.6 Å². The van der Waals surface area contributed by atoms with E-state index >= 15 is 0 Å². The van der Waals surface area contributed by atoms with Crippen LogP contribution < -0.4 is 10.6 Å².